The van der Waals surface area contributed by atoms with E-state index in [1.54, 1.807) is 23.5 Å². The third-order valence-corrected chi connectivity index (χ3v) is 7.01. The average molecular weight is 491 g/mol. The van der Waals surface area contributed by atoms with Crippen LogP contribution in [0.15, 0.2) is 101 Å². The number of nitrogens with zero attached hydrogens (tertiary/aromatic N) is 1. The summed E-state index contributed by atoms with van der Waals surface area (Å²) in [6, 6.07) is 31.3. The molecule has 0 aliphatic carbocycles. The molecule has 36 heavy (non-hydrogen) atoms. The lowest BCUT2D eigenvalue weighted by molar-refractivity contribution is 0.0992. The fourth-order valence-corrected chi connectivity index (χ4v) is 5.16. The number of furan rings is 1. The van der Waals surface area contributed by atoms with E-state index in [2.05, 4.69) is 24.4 Å². The summed E-state index contributed by atoms with van der Waals surface area (Å²) in [5, 5.41) is 5.99. The van der Waals surface area contributed by atoms with Gasteiger partial charge in [0.25, 0.3) is 5.91 Å². The highest BCUT2D eigenvalue weighted by Gasteiger charge is 2.13. The van der Waals surface area contributed by atoms with Gasteiger partial charge in [-0.25, -0.2) is 4.98 Å². The van der Waals surface area contributed by atoms with Crippen LogP contribution in [0.3, 0.4) is 0 Å². The van der Waals surface area contributed by atoms with Gasteiger partial charge in [-0.3, -0.25) is 4.79 Å². The van der Waals surface area contributed by atoms with Crippen molar-refractivity contribution in [1.29, 1.82) is 0 Å². The normalized spacial score (nSPS) is 11.1. The molecule has 0 aliphatic rings. The molecule has 0 unspecified atom stereocenters. The number of carbonyl (C=O) groups is 1. The molecule has 4 aromatic carbocycles. The Kier molecular flexibility index (Phi) is 5.71. The van der Waals surface area contributed by atoms with E-state index in [9.17, 15) is 4.79 Å². The Morgan fingerprint density at radius 1 is 0.944 bits per heavy atom. The second-order valence-electron chi connectivity index (χ2n) is 8.55. The molecule has 0 saturated heterocycles. The van der Waals surface area contributed by atoms with Crippen molar-refractivity contribution in [3.05, 3.63) is 114 Å². The highest BCUT2D eigenvalue weighted by molar-refractivity contribution is 7.21. The minimum absolute atomic E-state index is 0.233. The highest BCUT2D eigenvalue weighted by Crippen LogP contribution is 2.31. The molecule has 6 rings (SSSR count). The Labute approximate surface area is 212 Å². The zero-order valence-corrected chi connectivity index (χ0v) is 20.3. The molecule has 176 valence electrons. The summed E-state index contributed by atoms with van der Waals surface area (Å²) < 4.78 is 12.9. The summed E-state index contributed by atoms with van der Waals surface area (Å²) in [5.74, 6) is 1.28. The number of carbonyl (C=O) groups excluding carboxylic acids is 1. The van der Waals surface area contributed by atoms with Crippen LogP contribution in [0.2, 0.25) is 0 Å². The van der Waals surface area contributed by atoms with Crippen LogP contribution in [0.1, 0.15) is 21.9 Å². The van der Waals surface area contributed by atoms with Crippen LogP contribution in [0.4, 0.5) is 5.69 Å². The van der Waals surface area contributed by atoms with Gasteiger partial charge in [0.1, 0.15) is 23.1 Å². The van der Waals surface area contributed by atoms with Crippen molar-refractivity contribution in [3.63, 3.8) is 0 Å². The van der Waals surface area contributed by atoms with Gasteiger partial charge in [-0.1, -0.05) is 42.5 Å². The molecule has 0 spiro atoms. The van der Waals surface area contributed by atoms with Crippen molar-refractivity contribution >= 4 is 43.9 Å². The number of hydrogen-bond donors (Lipinski definition) is 1. The van der Waals surface area contributed by atoms with E-state index >= 15 is 0 Å². The second-order valence-corrected chi connectivity index (χ2v) is 9.58. The van der Waals surface area contributed by atoms with Gasteiger partial charge in [-0.2, -0.15) is 0 Å². The van der Waals surface area contributed by atoms with Crippen LogP contribution in [0.5, 0.6) is 5.75 Å². The predicted octanol–water partition coefficient (Wildman–Crippen LogP) is 7.85. The fraction of sp³-hybridized carbons (Fsp3) is 0.0667. The van der Waals surface area contributed by atoms with Crippen molar-refractivity contribution in [3.8, 4) is 16.3 Å². The van der Waals surface area contributed by atoms with Crippen molar-refractivity contribution in [2.24, 2.45) is 0 Å². The molecule has 0 fully saturated rings. The minimum Gasteiger partial charge on any atom is -0.485 e. The number of thiazole rings is 1. The Hall–Kier alpha value is -4.42. The summed E-state index contributed by atoms with van der Waals surface area (Å²) in [7, 11) is 0. The molecule has 0 bridgehead atoms. The summed E-state index contributed by atoms with van der Waals surface area (Å²) in [5.41, 5.74) is 3.91. The van der Waals surface area contributed by atoms with E-state index < -0.39 is 0 Å². The topological polar surface area (TPSA) is 64.4 Å². The fourth-order valence-electron chi connectivity index (χ4n) is 4.09. The van der Waals surface area contributed by atoms with E-state index in [0.717, 1.165) is 32.6 Å². The Morgan fingerprint density at radius 3 is 2.67 bits per heavy atom. The maximum absolute atomic E-state index is 12.7. The summed E-state index contributed by atoms with van der Waals surface area (Å²) in [6.45, 7) is 2.31. The number of rotatable bonds is 6. The smallest absolute Gasteiger partial charge is 0.291 e. The summed E-state index contributed by atoms with van der Waals surface area (Å²) in [4.78, 5) is 17.5. The zero-order valence-electron chi connectivity index (χ0n) is 19.5. The molecule has 0 radical (unpaired) electrons. The quantitative estimate of drug-likeness (QED) is 0.258. The number of benzene rings is 4. The lowest BCUT2D eigenvalue weighted by atomic mass is 10.1. The third kappa shape index (κ3) is 4.46. The average Bonchev–Trinajstić information content (AvgIpc) is 3.55. The largest absolute Gasteiger partial charge is 0.485 e. The SMILES string of the molecule is Cc1ccc2nc(-c3ccc(NC(=O)c4ccc(COc5cccc6ccccc56)o4)cc3)sc2c1. The molecule has 0 atom stereocenters. The Morgan fingerprint density at radius 2 is 1.78 bits per heavy atom. The Bertz CT molecular complexity index is 1690. The highest BCUT2D eigenvalue weighted by atomic mass is 32.1. The van der Waals surface area contributed by atoms with Gasteiger partial charge in [-0.15, -0.1) is 11.3 Å². The molecule has 6 aromatic rings. The van der Waals surface area contributed by atoms with Crippen LogP contribution < -0.4 is 10.1 Å². The van der Waals surface area contributed by atoms with Crippen LogP contribution in [0.25, 0.3) is 31.6 Å². The van der Waals surface area contributed by atoms with Crippen molar-refractivity contribution in [1.82, 2.24) is 4.98 Å². The first-order valence-electron chi connectivity index (χ1n) is 11.6. The van der Waals surface area contributed by atoms with Gasteiger partial charge in [0.15, 0.2) is 5.76 Å². The minimum atomic E-state index is -0.311. The molecule has 1 N–H and O–H groups in total. The number of aromatic nitrogens is 1. The number of hydrogen-bond acceptors (Lipinski definition) is 5. The van der Waals surface area contributed by atoms with Crippen LogP contribution in [-0.2, 0) is 6.61 Å². The predicted molar refractivity (Wildman–Crippen MR) is 145 cm³/mol. The van der Waals surface area contributed by atoms with Gasteiger partial charge in [-0.05, 0) is 72.5 Å². The van der Waals surface area contributed by atoms with Crippen molar-refractivity contribution in [2.45, 2.75) is 13.5 Å². The number of amides is 1. The molecule has 2 aromatic heterocycles. The molecule has 0 saturated carbocycles. The van der Waals surface area contributed by atoms with E-state index in [0.29, 0.717) is 11.4 Å². The van der Waals surface area contributed by atoms with E-state index in [-0.39, 0.29) is 18.3 Å². The zero-order chi connectivity index (χ0) is 24.5. The molecular weight excluding hydrogens is 468 g/mol. The number of nitrogens with one attached hydrogen (secondary N) is 1. The third-order valence-electron chi connectivity index (χ3n) is 5.94. The van der Waals surface area contributed by atoms with Crippen LogP contribution >= 0.6 is 11.3 Å². The number of anilines is 1. The van der Waals surface area contributed by atoms with Crippen molar-refractivity contribution in [2.75, 3.05) is 5.32 Å². The first-order valence-corrected chi connectivity index (χ1v) is 12.4. The lowest BCUT2D eigenvalue weighted by Gasteiger charge is -2.08. The summed E-state index contributed by atoms with van der Waals surface area (Å²) in [6.07, 6.45) is 0. The maximum Gasteiger partial charge on any atom is 0.291 e. The van der Waals surface area contributed by atoms with E-state index in [4.69, 9.17) is 14.1 Å². The first-order chi connectivity index (χ1) is 17.6. The number of ether oxygens (including phenoxy) is 1. The standard InChI is InChI=1S/C30H22N2O3S/c1-19-9-15-25-28(17-19)36-30(32-25)21-10-12-22(13-11-21)31-29(33)27-16-14-23(35-27)18-34-26-8-4-6-20-5-2-3-7-24(20)26/h2-17H,18H2,1H3,(H,31,33). The second kappa shape index (κ2) is 9.32. The number of fused-ring (bicyclic) bond motifs is 2. The monoisotopic (exact) mass is 490 g/mol. The van der Waals surface area contributed by atoms with Crippen LogP contribution in [0, 0.1) is 6.92 Å². The van der Waals surface area contributed by atoms with Gasteiger partial charge < -0.3 is 14.5 Å². The molecule has 5 nitrogen and oxygen atoms in total. The van der Waals surface area contributed by atoms with Gasteiger partial charge in [0.05, 0.1) is 10.2 Å². The van der Waals surface area contributed by atoms with Crippen molar-refractivity contribution < 1.29 is 13.9 Å². The summed E-state index contributed by atoms with van der Waals surface area (Å²) >= 11 is 1.66. The molecular formula is C30H22N2O3S. The van der Waals surface area contributed by atoms with Crippen LogP contribution in [-0.4, -0.2) is 10.9 Å². The number of aryl methyl sites for hydroxylation is 1. The van der Waals surface area contributed by atoms with Gasteiger partial charge in [0, 0.05) is 16.6 Å². The molecule has 1 amide bonds. The Balaban J connectivity index is 1.11. The molecule has 2 heterocycles. The van der Waals surface area contributed by atoms with E-state index in [1.165, 1.54) is 10.3 Å². The van der Waals surface area contributed by atoms with Gasteiger partial charge >= 0.3 is 0 Å². The lowest BCUT2D eigenvalue weighted by Crippen LogP contribution is -2.10. The first kappa shape index (κ1) is 22.1. The van der Waals surface area contributed by atoms with Gasteiger partial charge in [0.2, 0.25) is 0 Å². The van der Waals surface area contributed by atoms with E-state index in [1.807, 2.05) is 72.8 Å². The maximum atomic E-state index is 12.7. The molecule has 0 aliphatic heterocycles. The molecule has 6 heteroatoms.